The maximum Gasteiger partial charge on any atom is 0.123 e. The van der Waals surface area contributed by atoms with Gasteiger partial charge >= 0.3 is 0 Å². The Morgan fingerprint density at radius 2 is 2.00 bits per heavy atom. The second kappa shape index (κ2) is 6.16. The zero-order valence-corrected chi connectivity index (χ0v) is 11.6. The monoisotopic (exact) mass is 254 g/mol. The highest BCUT2D eigenvalue weighted by atomic mass is 19.1. The second-order valence-corrected chi connectivity index (χ2v) is 5.78. The summed E-state index contributed by atoms with van der Waals surface area (Å²) in [7, 11) is 4.08. The van der Waals surface area contributed by atoms with Crippen molar-refractivity contribution in [3.63, 3.8) is 0 Å². The highest BCUT2D eigenvalue weighted by Gasteiger charge is 2.18. The summed E-state index contributed by atoms with van der Waals surface area (Å²) in [6, 6.07) is 4.01. The lowest BCUT2D eigenvalue weighted by Gasteiger charge is -2.28. The molecule has 0 aromatic heterocycles. The molecule has 2 N–H and O–H groups in total. The first-order chi connectivity index (χ1) is 8.30. The number of benzene rings is 1. The van der Waals surface area contributed by atoms with Gasteiger partial charge in [-0.3, -0.25) is 0 Å². The number of hydrogen-bond acceptors (Lipinski definition) is 3. The molecule has 0 saturated heterocycles. The highest BCUT2D eigenvalue weighted by Crippen LogP contribution is 2.19. The van der Waals surface area contributed by atoms with E-state index in [1.54, 1.807) is 0 Å². The predicted molar refractivity (Wildman–Crippen MR) is 72.1 cm³/mol. The van der Waals surface area contributed by atoms with Gasteiger partial charge in [-0.2, -0.15) is 0 Å². The van der Waals surface area contributed by atoms with Crippen molar-refractivity contribution in [3.8, 4) is 5.75 Å². The van der Waals surface area contributed by atoms with Crippen LogP contribution in [0.25, 0.3) is 0 Å². The number of phenolic OH excluding ortho intramolecular Hbond substituents is 1. The Bertz CT molecular complexity index is 391. The van der Waals surface area contributed by atoms with Crippen LogP contribution in [0.3, 0.4) is 0 Å². The van der Waals surface area contributed by atoms with Gasteiger partial charge in [-0.25, -0.2) is 4.39 Å². The van der Waals surface area contributed by atoms with Crippen LogP contribution in [0.15, 0.2) is 18.2 Å². The van der Waals surface area contributed by atoms with E-state index in [9.17, 15) is 9.50 Å². The zero-order valence-electron chi connectivity index (χ0n) is 11.6. The molecule has 0 spiro atoms. The zero-order chi connectivity index (χ0) is 13.8. The topological polar surface area (TPSA) is 35.5 Å². The fourth-order valence-corrected chi connectivity index (χ4v) is 2.14. The first kappa shape index (κ1) is 14.9. The Hall–Kier alpha value is -1.13. The lowest BCUT2D eigenvalue weighted by atomic mass is 9.93. The van der Waals surface area contributed by atoms with Gasteiger partial charge in [-0.1, -0.05) is 13.8 Å². The molecule has 1 aromatic rings. The van der Waals surface area contributed by atoms with Gasteiger partial charge < -0.3 is 15.3 Å². The van der Waals surface area contributed by atoms with Crippen LogP contribution in [0, 0.1) is 11.2 Å². The molecule has 0 aliphatic rings. The summed E-state index contributed by atoms with van der Waals surface area (Å²) in [5, 5.41) is 12.9. The number of nitrogens with zero attached hydrogens (tertiary/aromatic N) is 1. The van der Waals surface area contributed by atoms with Crippen molar-refractivity contribution in [1.29, 1.82) is 0 Å². The Kier molecular flexibility index (Phi) is 5.11. The number of hydrogen-bond donors (Lipinski definition) is 2. The van der Waals surface area contributed by atoms with E-state index in [-0.39, 0.29) is 17.0 Å². The van der Waals surface area contributed by atoms with Crippen molar-refractivity contribution in [1.82, 2.24) is 10.2 Å². The Morgan fingerprint density at radius 3 is 2.61 bits per heavy atom. The first-order valence-corrected chi connectivity index (χ1v) is 6.13. The minimum Gasteiger partial charge on any atom is -0.508 e. The maximum absolute atomic E-state index is 13.0. The molecular weight excluding hydrogens is 231 g/mol. The molecule has 0 heterocycles. The van der Waals surface area contributed by atoms with E-state index in [1.807, 2.05) is 14.1 Å². The van der Waals surface area contributed by atoms with Crippen LogP contribution in [0.1, 0.15) is 19.4 Å². The van der Waals surface area contributed by atoms with Crippen LogP contribution in [0.5, 0.6) is 5.75 Å². The molecule has 0 atom stereocenters. The van der Waals surface area contributed by atoms with Crippen molar-refractivity contribution in [2.75, 3.05) is 27.2 Å². The van der Waals surface area contributed by atoms with E-state index in [1.165, 1.54) is 18.2 Å². The van der Waals surface area contributed by atoms with Gasteiger partial charge in [-0.15, -0.1) is 0 Å². The summed E-state index contributed by atoms with van der Waals surface area (Å²) in [5.41, 5.74) is 0.725. The number of rotatable bonds is 6. The molecule has 0 radical (unpaired) electrons. The quantitative estimate of drug-likeness (QED) is 0.817. The fourth-order valence-electron chi connectivity index (χ4n) is 2.14. The summed E-state index contributed by atoms with van der Waals surface area (Å²) < 4.78 is 13.0. The van der Waals surface area contributed by atoms with E-state index in [4.69, 9.17) is 0 Å². The molecular formula is C14H23FN2O. The van der Waals surface area contributed by atoms with Gasteiger partial charge in [0.25, 0.3) is 0 Å². The first-order valence-electron chi connectivity index (χ1n) is 6.13. The standard InChI is InChI=1S/C14H23FN2O/c1-14(2,10-17(3)4)9-16-8-11-7-12(15)5-6-13(11)18/h5-7,16,18H,8-10H2,1-4H3. The Morgan fingerprint density at radius 1 is 1.33 bits per heavy atom. The maximum atomic E-state index is 13.0. The summed E-state index contributed by atoms with van der Waals surface area (Å²) in [5.74, 6) is -0.188. The molecule has 1 aromatic carbocycles. The molecule has 0 unspecified atom stereocenters. The van der Waals surface area contributed by atoms with E-state index in [0.29, 0.717) is 12.1 Å². The van der Waals surface area contributed by atoms with Crippen LogP contribution in [0.4, 0.5) is 4.39 Å². The van der Waals surface area contributed by atoms with Crippen LogP contribution in [-0.4, -0.2) is 37.2 Å². The average molecular weight is 254 g/mol. The van der Waals surface area contributed by atoms with Crippen molar-refractivity contribution < 1.29 is 9.50 Å². The molecule has 0 aliphatic heterocycles. The highest BCUT2D eigenvalue weighted by molar-refractivity contribution is 5.32. The summed E-state index contributed by atoms with van der Waals surface area (Å²) in [6.07, 6.45) is 0. The van der Waals surface area contributed by atoms with Crippen molar-refractivity contribution in [2.45, 2.75) is 20.4 Å². The van der Waals surface area contributed by atoms with E-state index in [0.717, 1.165) is 13.1 Å². The Labute approximate surface area is 109 Å². The van der Waals surface area contributed by atoms with Crippen molar-refractivity contribution in [3.05, 3.63) is 29.6 Å². The smallest absolute Gasteiger partial charge is 0.123 e. The van der Waals surface area contributed by atoms with Crippen molar-refractivity contribution in [2.24, 2.45) is 5.41 Å². The average Bonchev–Trinajstić information content (AvgIpc) is 2.21. The summed E-state index contributed by atoms with van der Waals surface area (Å²) in [4.78, 5) is 2.14. The van der Waals surface area contributed by atoms with Crippen LogP contribution >= 0.6 is 0 Å². The molecule has 4 heteroatoms. The summed E-state index contributed by atoms with van der Waals surface area (Å²) >= 11 is 0. The van der Waals surface area contributed by atoms with Crippen LogP contribution in [-0.2, 0) is 6.54 Å². The van der Waals surface area contributed by atoms with E-state index >= 15 is 0 Å². The van der Waals surface area contributed by atoms with Gasteiger partial charge in [-0.05, 0) is 37.7 Å². The molecule has 1 rings (SSSR count). The largest absolute Gasteiger partial charge is 0.508 e. The number of halogens is 1. The molecule has 18 heavy (non-hydrogen) atoms. The molecule has 0 saturated carbocycles. The Balaban J connectivity index is 2.48. The molecule has 0 amide bonds. The number of phenols is 1. The normalized spacial score (nSPS) is 12.1. The van der Waals surface area contributed by atoms with E-state index < -0.39 is 0 Å². The lowest BCUT2D eigenvalue weighted by molar-refractivity contribution is 0.232. The fraction of sp³-hybridized carbons (Fsp3) is 0.571. The third-order valence-electron chi connectivity index (χ3n) is 2.70. The minimum absolute atomic E-state index is 0.131. The molecule has 3 nitrogen and oxygen atoms in total. The minimum atomic E-state index is -0.322. The number of aromatic hydroxyl groups is 1. The third kappa shape index (κ3) is 5.02. The van der Waals surface area contributed by atoms with Crippen molar-refractivity contribution >= 4 is 0 Å². The molecule has 0 fully saturated rings. The van der Waals surface area contributed by atoms with Gasteiger partial charge in [0.2, 0.25) is 0 Å². The summed E-state index contributed by atoms with van der Waals surface area (Å²) in [6.45, 7) is 6.59. The molecule has 0 aliphatic carbocycles. The van der Waals surface area contributed by atoms with Gasteiger partial charge in [0.05, 0.1) is 0 Å². The number of nitrogens with one attached hydrogen (secondary N) is 1. The molecule has 0 bridgehead atoms. The van der Waals surface area contributed by atoms with E-state index in [2.05, 4.69) is 24.1 Å². The SMILES string of the molecule is CN(C)CC(C)(C)CNCc1cc(F)ccc1O. The lowest BCUT2D eigenvalue weighted by Crippen LogP contribution is -2.37. The van der Waals surface area contributed by atoms with Gasteiger partial charge in [0, 0.05) is 25.2 Å². The second-order valence-electron chi connectivity index (χ2n) is 5.78. The third-order valence-corrected chi connectivity index (χ3v) is 2.70. The molecule has 102 valence electrons. The van der Waals surface area contributed by atoms with Gasteiger partial charge in [0.1, 0.15) is 11.6 Å². The van der Waals surface area contributed by atoms with Crippen LogP contribution < -0.4 is 5.32 Å². The van der Waals surface area contributed by atoms with Crippen LogP contribution in [0.2, 0.25) is 0 Å². The predicted octanol–water partition coefficient (Wildman–Crippen LogP) is 2.21. The van der Waals surface area contributed by atoms with Gasteiger partial charge in [0.15, 0.2) is 0 Å².